The molecule has 1 fully saturated rings. The molecule has 1 amide bonds. The first kappa shape index (κ1) is 26.9. The number of fused-ring (bicyclic) bond motifs is 2. The van der Waals surface area contributed by atoms with Gasteiger partial charge < -0.3 is 19.4 Å². The molecule has 0 saturated carbocycles. The van der Waals surface area contributed by atoms with E-state index in [2.05, 4.69) is 67.9 Å². The summed E-state index contributed by atoms with van der Waals surface area (Å²) in [7, 11) is 0. The number of anilines is 2. The number of rotatable bonds is 5. The van der Waals surface area contributed by atoms with Gasteiger partial charge in [0.2, 0.25) is 11.8 Å². The summed E-state index contributed by atoms with van der Waals surface area (Å²) in [5.41, 5.74) is 5.38. The summed E-state index contributed by atoms with van der Waals surface area (Å²) in [4.78, 5) is 32.1. The second-order valence-electron chi connectivity index (χ2n) is 10.5. The minimum atomic E-state index is -0.397. The van der Waals surface area contributed by atoms with Crippen LogP contribution in [-0.4, -0.2) is 59.7 Å². The molecule has 1 saturated heterocycles. The maximum Gasteiger partial charge on any atom is 0.410 e. The number of aryl methyl sites for hydroxylation is 1. The summed E-state index contributed by atoms with van der Waals surface area (Å²) >= 11 is 6.49. The molecule has 0 spiro atoms. The largest absolute Gasteiger partial charge is 0.445 e. The summed E-state index contributed by atoms with van der Waals surface area (Å²) in [6.45, 7) is 13.0. The molecule has 0 unspecified atom stereocenters. The van der Waals surface area contributed by atoms with Crippen molar-refractivity contribution in [3.63, 3.8) is 0 Å². The Morgan fingerprint density at radius 3 is 2.63 bits per heavy atom. The fourth-order valence-electron chi connectivity index (χ4n) is 5.97. The Kier molecular flexibility index (Phi) is 7.62. The number of carbonyl (C=O) groups is 1. The number of piperazine rings is 1. The van der Waals surface area contributed by atoms with Crippen LogP contribution in [0, 0.1) is 13.5 Å². The second kappa shape index (κ2) is 11.6. The van der Waals surface area contributed by atoms with Crippen molar-refractivity contribution in [1.82, 2.24) is 14.9 Å². The fourth-order valence-corrected chi connectivity index (χ4v) is 6.15. The number of amides is 1. The lowest BCUT2D eigenvalue weighted by Gasteiger charge is -2.40. The van der Waals surface area contributed by atoms with Crippen LogP contribution in [0.5, 0.6) is 0 Å². The van der Waals surface area contributed by atoms with E-state index in [0.29, 0.717) is 26.2 Å². The van der Waals surface area contributed by atoms with Gasteiger partial charge in [-0.1, -0.05) is 60.7 Å². The molecular weight excluding hydrogens is 536 g/mol. The van der Waals surface area contributed by atoms with Crippen LogP contribution in [0.15, 0.2) is 66.7 Å². The summed E-state index contributed by atoms with van der Waals surface area (Å²) < 4.78 is 5.60. The maximum absolute atomic E-state index is 13.0. The van der Waals surface area contributed by atoms with Crippen LogP contribution >= 0.6 is 11.6 Å². The third-order valence-corrected chi connectivity index (χ3v) is 8.14. The van der Waals surface area contributed by atoms with E-state index in [9.17, 15) is 4.79 Å². The van der Waals surface area contributed by atoms with E-state index in [-0.39, 0.29) is 24.5 Å². The average Bonchev–Trinajstić information content (AvgIpc) is 2.99. The van der Waals surface area contributed by atoms with Crippen molar-refractivity contribution >= 4 is 40.0 Å². The molecule has 2 aliphatic rings. The Morgan fingerprint density at radius 2 is 1.83 bits per heavy atom. The Balaban J connectivity index is 1.22. The van der Waals surface area contributed by atoms with Crippen LogP contribution in [0.1, 0.15) is 22.4 Å². The first-order valence-corrected chi connectivity index (χ1v) is 14.2. The van der Waals surface area contributed by atoms with E-state index in [1.54, 1.807) is 4.90 Å². The highest BCUT2D eigenvalue weighted by Gasteiger charge is 2.36. The lowest BCUT2D eigenvalue weighted by Crippen LogP contribution is -2.57. The lowest BCUT2D eigenvalue weighted by molar-refractivity contribution is 0.0788. The van der Waals surface area contributed by atoms with Gasteiger partial charge in [0, 0.05) is 42.8 Å². The topological polar surface area (TPSA) is 66.2 Å². The van der Waals surface area contributed by atoms with E-state index in [0.717, 1.165) is 35.6 Å². The molecule has 0 radical (unpaired) electrons. The number of aromatic nitrogens is 2. The molecule has 3 heterocycles. The number of nitrogens with zero attached hydrogens (tertiary/aromatic N) is 6. The molecule has 3 aromatic carbocycles. The number of ether oxygens (including phenoxy) is 1. The fraction of sp³-hybridized carbons (Fsp3) is 0.312. The van der Waals surface area contributed by atoms with Gasteiger partial charge in [0.25, 0.3) is 0 Å². The van der Waals surface area contributed by atoms with Gasteiger partial charge in [-0.05, 0) is 47.5 Å². The molecule has 0 N–H and O–H groups in total. The zero-order valence-corrected chi connectivity index (χ0v) is 23.7. The molecule has 6 rings (SSSR count). The molecule has 8 nitrogen and oxygen atoms in total. The number of carbonyl (C=O) groups excluding carboxylic acids is 1. The van der Waals surface area contributed by atoms with E-state index in [1.807, 2.05) is 30.3 Å². The van der Waals surface area contributed by atoms with Gasteiger partial charge in [0.15, 0.2) is 0 Å². The van der Waals surface area contributed by atoms with Crippen LogP contribution in [-0.2, 0) is 24.3 Å². The van der Waals surface area contributed by atoms with Crippen molar-refractivity contribution in [2.24, 2.45) is 0 Å². The first-order valence-electron chi connectivity index (χ1n) is 13.9. The van der Waals surface area contributed by atoms with E-state index in [4.69, 9.17) is 22.9 Å². The van der Waals surface area contributed by atoms with E-state index < -0.39 is 6.09 Å². The standard InChI is InChI=1S/C32H31ClN6O2/c1-22-8-6-11-24-12-7-13-28(29(22)24)37-15-14-26-27(20-37)35-31(33)36-30(26)38-16-17-39(25(19-38)18-34-2)32(40)41-21-23-9-4-3-5-10-23/h3-13,25H,14-21H2,1H3/t25-/m0/s1. The minimum absolute atomic E-state index is 0.187. The molecule has 41 heavy (non-hydrogen) atoms. The first-order chi connectivity index (χ1) is 20.0. The van der Waals surface area contributed by atoms with Crippen molar-refractivity contribution in [3.05, 3.63) is 106 Å². The Morgan fingerprint density at radius 1 is 1.02 bits per heavy atom. The van der Waals surface area contributed by atoms with Gasteiger partial charge in [-0.3, -0.25) is 4.90 Å². The summed E-state index contributed by atoms with van der Waals surface area (Å²) in [6.07, 6.45) is 0.377. The van der Waals surface area contributed by atoms with Crippen LogP contribution < -0.4 is 9.80 Å². The summed E-state index contributed by atoms with van der Waals surface area (Å²) in [6, 6.07) is 22.1. The quantitative estimate of drug-likeness (QED) is 0.221. The van der Waals surface area contributed by atoms with E-state index >= 15 is 0 Å². The molecule has 4 aromatic rings. The van der Waals surface area contributed by atoms with E-state index in [1.165, 1.54) is 22.0 Å². The number of hydrogen-bond acceptors (Lipinski definition) is 6. The van der Waals surface area contributed by atoms with Gasteiger partial charge in [0.05, 0.1) is 12.2 Å². The maximum atomic E-state index is 13.0. The molecule has 9 heteroatoms. The minimum Gasteiger partial charge on any atom is -0.445 e. The smallest absolute Gasteiger partial charge is 0.410 e. The predicted octanol–water partition coefficient (Wildman–Crippen LogP) is 5.90. The van der Waals surface area contributed by atoms with Crippen molar-refractivity contribution in [1.29, 1.82) is 0 Å². The summed E-state index contributed by atoms with van der Waals surface area (Å²) in [5.74, 6) is 0.807. The number of benzene rings is 3. The van der Waals surface area contributed by atoms with Gasteiger partial charge in [-0.25, -0.2) is 21.3 Å². The SMILES string of the molecule is [C-]#[N+]C[C@H]1CN(c2nc(Cl)nc3c2CCN(c2cccc4cccc(C)c24)C3)CCN1C(=O)OCc1ccccc1. The van der Waals surface area contributed by atoms with Gasteiger partial charge >= 0.3 is 6.09 Å². The predicted molar refractivity (Wildman–Crippen MR) is 161 cm³/mol. The second-order valence-corrected chi connectivity index (χ2v) is 10.9. The molecule has 2 aliphatic heterocycles. The molecule has 1 aromatic heterocycles. The zero-order chi connectivity index (χ0) is 28.3. The van der Waals surface area contributed by atoms with Crippen molar-refractivity contribution in [2.45, 2.75) is 32.5 Å². The molecular formula is C32H31ClN6O2. The van der Waals surface area contributed by atoms with Gasteiger partial charge in [0.1, 0.15) is 18.5 Å². The van der Waals surface area contributed by atoms with Gasteiger partial charge in [-0.15, -0.1) is 0 Å². The summed E-state index contributed by atoms with van der Waals surface area (Å²) in [5, 5.41) is 2.69. The molecule has 1 atom stereocenters. The lowest BCUT2D eigenvalue weighted by atomic mass is 9.99. The highest BCUT2D eigenvalue weighted by Crippen LogP contribution is 2.35. The zero-order valence-electron chi connectivity index (χ0n) is 23.0. The van der Waals surface area contributed by atoms with Crippen molar-refractivity contribution in [2.75, 3.05) is 42.5 Å². The molecule has 208 valence electrons. The number of halogens is 1. The highest BCUT2D eigenvalue weighted by molar-refractivity contribution is 6.28. The van der Waals surface area contributed by atoms with Gasteiger partial charge in [-0.2, -0.15) is 0 Å². The molecule has 0 bridgehead atoms. The Bertz CT molecular complexity index is 1620. The highest BCUT2D eigenvalue weighted by atomic mass is 35.5. The normalized spacial score (nSPS) is 16.8. The van der Waals surface area contributed by atoms with Crippen LogP contribution in [0.2, 0.25) is 5.28 Å². The average molecular weight is 567 g/mol. The van der Waals surface area contributed by atoms with Crippen LogP contribution in [0.3, 0.4) is 0 Å². The third kappa shape index (κ3) is 5.50. The van der Waals surface area contributed by atoms with Crippen molar-refractivity contribution in [3.8, 4) is 0 Å². The van der Waals surface area contributed by atoms with Crippen molar-refractivity contribution < 1.29 is 9.53 Å². The monoisotopic (exact) mass is 566 g/mol. The van der Waals surface area contributed by atoms with Crippen LogP contribution in [0.25, 0.3) is 15.6 Å². The van der Waals surface area contributed by atoms with Crippen LogP contribution in [0.4, 0.5) is 16.3 Å². The Labute approximate surface area is 244 Å². The number of hydrogen-bond donors (Lipinski definition) is 0. The third-order valence-electron chi connectivity index (χ3n) is 7.97. The molecule has 0 aliphatic carbocycles. The Hall–Kier alpha value is -4.35.